The lowest BCUT2D eigenvalue weighted by Crippen LogP contribution is -2.33. The van der Waals surface area contributed by atoms with E-state index in [0.717, 1.165) is 10.9 Å². The molecule has 1 heterocycles. The van der Waals surface area contributed by atoms with Crippen molar-refractivity contribution in [3.8, 4) is 0 Å². The summed E-state index contributed by atoms with van der Waals surface area (Å²) in [7, 11) is 1.96. The van der Waals surface area contributed by atoms with Gasteiger partial charge in [-0.25, -0.2) is 5.84 Å². The molecule has 0 aliphatic carbocycles. The van der Waals surface area contributed by atoms with Crippen molar-refractivity contribution in [2.24, 2.45) is 5.84 Å². The van der Waals surface area contributed by atoms with Crippen LogP contribution in [0.1, 0.15) is 11.3 Å². The fourth-order valence-corrected chi connectivity index (χ4v) is 2.31. The molecule has 4 nitrogen and oxygen atoms in total. The summed E-state index contributed by atoms with van der Waals surface area (Å²) in [6.45, 7) is 1.48. The van der Waals surface area contributed by atoms with Gasteiger partial charge in [-0.15, -0.1) is 11.3 Å². The number of carbonyl (C=O) groups is 1. The molecule has 1 aromatic heterocycles. The highest BCUT2D eigenvalue weighted by atomic mass is 35.5. The quantitative estimate of drug-likeness (QED) is 0.467. The number of nitrogens with zero attached hydrogens (tertiary/aromatic N) is 1. The van der Waals surface area contributed by atoms with Crippen molar-refractivity contribution in [3.05, 3.63) is 21.3 Å². The molecule has 84 valence electrons. The Hall–Kier alpha value is -0.620. The topological polar surface area (TPSA) is 58.4 Å². The first-order valence-corrected chi connectivity index (χ1v) is 5.73. The molecule has 0 saturated heterocycles. The number of thiophene rings is 1. The summed E-state index contributed by atoms with van der Waals surface area (Å²) in [5, 5.41) is 0. The van der Waals surface area contributed by atoms with Crippen LogP contribution < -0.4 is 11.3 Å². The Morgan fingerprint density at radius 1 is 1.67 bits per heavy atom. The van der Waals surface area contributed by atoms with Crippen molar-refractivity contribution >= 4 is 28.8 Å². The molecule has 0 aliphatic heterocycles. The maximum Gasteiger partial charge on any atom is 0.235 e. The number of hydrogen-bond acceptors (Lipinski definition) is 4. The van der Waals surface area contributed by atoms with E-state index in [9.17, 15) is 4.79 Å². The number of carbonyl (C=O) groups excluding carboxylic acids is 1. The zero-order chi connectivity index (χ0) is 11.3. The average molecular weight is 248 g/mol. The van der Waals surface area contributed by atoms with Gasteiger partial charge >= 0.3 is 0 Å². The fraction of sp³-hybridized carbons (Fsp3) is 0.444. The van der Waals surface area contributed by atoms with Crippen LogP contribution in [0, 0.1) is 0 Å². The van der Waals surface area contributed by atoms with Crippen LogP contribution >= 0.6 is 22.9 Å². The number of halogens is 1. The van der Waals surface area contributed by atoms with Crippen LogP contribution in [0.2, 0.25) is 4.34 Å². The minimum absolute atomic E-state index is 0.147. The summed E-state index contributed by atoms with van der Waals surface area (Å²) in [5.41, 5.74) is 2.10. The van der Waals surface area contributed by atoms with Gasteiger partial charge in [0, 0.05) is 24.4 Å². The van der Waals surface area contributed by atoms with Gasteiger partial charge in [-0.1, -0.05) is 11.6 Å². The molecule has 0 aliphatic rings. The van der Waals surface area contributed by atoms with E-state index in [1.807, 2.05) is 19.2 Å². The van der Waals surface area contributed by atoms with Gasteiger partial charge < -0.3 is 4.90 Å². The summed E-state index contributed by atoms with van der Waals surface area (Å²) in [6.07, 6.45) is 0.409. The average Bonchev–Trinajstić information content (AvgIpc) is 2.60. The molecule has 0 unspecified atom stereocenters. The van der Waals surface area contributed by atoms with E-state index in [-0.39, 0.29) is 5.91 Å². The predicted molar refractivity (Wildman–Crippen MR) is 62.6 cm³/mol. The summed E-state index contributed by atoms with van der Waals surface area (Å²) in [6, 6.07) is 3.87. The fourth-order valence-electron chi connectivity index (χ4n) is 1.15. The second-order valence-electron chi connectivity index (χ2n) is 3.26. The zero-order valence-electron chi connectivity index (χ0n) is 8.50. The summed E-state index contributed by atoms with van der Waals surface area (Å²) >= 11 is 7.37. The molecule has 0 saturated carbocycles. The van der Waals surface area contributed by atoms with E-state index in [0.29, 0.717) is 13.0 Å². The van der Waals surface area contributed by atoms with Crippen LogP contribution in [0.25, 0.3) is 0 Å². The van der Waals surface area contributed by atoms with Crippen LogP contribution in [-0.4, -0.2) is 24.4 Å². The van der Waals surface area contributed by atoms with Crippen molar-refractivity contribution < 1.29 is 4.79 Å². The maximum absolute atomic E-state index is 10.9. The molecule has 3 N–H and O–H groups in total. The Bertz CT molecular complexity index is 329. The van der Waals surface area contributed by atoms with E-state index in [1.54, 1.807) is 11.3 Å². The van der Waals surface area contributed by atoms with Gasteiger partial charge in [-0.05, 0) is 19.2 Å². The van der Waals surface area contributed by atoms with E-state index < -0.39 is 0 Å². The molecule has 1 amide bonds. The minimum Gasteiger partial charge on any atom is -0.301 e. The van der Waals surface area contributed by atoms with Gasteiger partial charge in [-0.3, -0.25) is 10.2 Å². The van der Waals surface area contributed by atoms with Crippen LogP contribution in [0.15, 0.2) is 12.1 Å². The lowest BCUT2D eigenvalue weighted by molar-refractivity contribution is -0.121. The summed E-state index contributed by atoms with van der Waals surface area (Å²) in [5.74, 6) is 4.83. The molecule has 15 heavy (non-hydrogen) atoms. The SMILES string of the molecule is CN(CCC(=O)NN)Cc1ccc(Cl)s1. The maximum atomic E-state index is 10.9. The van der Waals surface area contributed by atoms with Gasteiger partial charge in [0.15, 0.2) is 0 Å². The Morgan fingerprint density at radius 3 is 2.93 bits per heavy atom. The highest BCUT2D eigenvalue weighted by molar-refractivity contribution is 7.16. The van der Waals surface area contributed by atoms with Crippen molar-refractivity contribution in [1.29, 1.82) is 0 Å². The third-order valence-electron chi connectivity index (χ3n) is 1.94. The Kier molecular flexibility index (Phi) is 5.04. The molecule has 1 aromatic rings. The summed E-state index contributed by atoms with van der Waals surface area (Å²) < 4.78 is 0.790. The smallest absolute Gasteiger partial charge is 0.235 e. The van der Waals surface area contributed by atoms with Crippen LogP contribution in [0.3, 0.4) is 0 Å². The number of rotatable bonds is 5. The van der Waals surface area contributed by atoms with Crippen molar-refractivity contribution in [1.82, 2.24) is 10.3 Å². The van der Waals surface area contributed by atoms with Crippen LogP contribution in [0.5, 0.6) is 0 Å². The predicted octanol–water partition coefficient (Wildman–Crippen LogP) is 1.21. The minimum atomic E-state index is -0.147. The lowest BCUT2D eigenvalue weighted by Gasteiger charge is -2.14. The molecule has 1 rings (SSSR count). The third-order valence-corrected chi connectivity index (χ3v) is 3.15. The molecule has 0 aromatic carbocycles. The zero-order valence-corrected chi connectivity index (χ0v) is 10.1. The van der Waals surface area contributed by atoms with Crippen molar-refractivity contribution in [2.75, 3.05) is 13.6 Å². The monoisotopic (exact) mass is 247 g/mol. The Morgan fingerprint density at radius 2 is 2.40 bits per heavy atom. The van der Waals surface area contributed by atoms with Gasteiger partial charge in [0.05, 0.1) is 4.34 Å². The van der Waals surface area contributed by atoms with Gasteiger partial charge in [-0.2, -0.15) is 0 Å². The Labute approximate surface area is 98.0 Å². The number of nitrogens with one attached hydrogen (secondary N) is 1. The van der Waals surface area contributed by atoms with Gasteiger partial charge in [0.2, 0.25) is 5.91 Å². The number of hydrazine groups is 1. The highest BCUT2D eigenvalue weighted by Gasteiger charge is 2.05. The molecule has 6 heteroatoms. The molecule has 0 atom stereocenters. The second kappa shape index (κ2) is 6.07. The highest BCUT2D eigenvalue weighted by Crippen LogP contribution is 2.22. The second-order valence-corrected chi connectivity index (χ2v) is 5.06. The molecule has 0 bridgehead atoms. The van der Waals surface area contributed by atoms with E-state index in [4.69, 9.17) is 17.4 Å². The Balaban J connectivity index is 2.30. The van der Waals surface area contributed by atoms with E-state index in [2.05, 4.69) is 10.3 Å². The first-order chi connectivity index (χ1) is 7.11. The standard InChI is InChI=1S/C9H14ClN3OS/c1-13(5-4-9(14)12-11)6-7-2-3-8(10)15-7/h2-3H,4-6,11H2,1H3,(H,12,14). The van der Waals surface area contributed by atoms with Crippen LogP contribution in [-0.2, 0) is 11.3 Å². The molecular weight excluding hydrogens is 234 g/mol. The van der Waals surface area contributed by atoms with Crippen molar-refractivity contribution in [3.63, 3.8) is 0 Å². The molecule has 0 fully saturated rings. The van der Waals surface area contributed by atoms with E-state index in [1.165, 1.54) is 4.88 Å². The number of hydrogen-bond donors (Lipinski definition) is 2. The lowest BCUT2D eigenvalue weighted by atomic mass is 10.3. The van der Waals surface area contributed by atoms with Gasteiger partial charge in [0.25, 0.3) is 0 Å². The molecular formula is C9H14ClN3OS. The molecule has 0 radical (unpaired) electrons. The summed E-state index contributed by atoms with van der Waals surface area (Å²) in [4.78, 5) is 14.1. The van der Waals surface area contributed by atoms with E-state index >= 15 is 0 Å². The first kappa shape index (κ1) is 12.4. The van der Waals surface area contributed by atoms with Crippen LogP contribution in [0.4, 0.5) is 0 Å². The normalized spacial score (nSPS) is 10.7. The largest absolute Gasteiger partial charge is 0.301 e. The first-order valence-electron chi connectivity index (χ1n) is 4.54. The molecule has 0 spiro atoms. The third kappa shape index (κ3) is 4.61. The van der Waals surface area contributed by atoms with Crippen molar-refractivity contribution in [2.45, 2.75) is 13.0 Å². The van der Waals surface area contributed by atoms with Gasteiger partial charge in [0.1, 0.15) is 0 Å². The number of amides is 1. The number of nitrogens with two attached hydrogens (primary N) is 1.